The second kappa shape index (κ2) is 9.64. The molecule has 5 nitrogen and oxygen atoms in total. The molecule has 0 aliphatic carbocycles. The number of halogens is 1. The van der Waals surface area contributed by atoms with Crippen molar-refractivity contribution in [2.45, 2.75) is 33.7 Å². The Kier molecular flexibility index (Phi) is 7.54. The van der Waals surface area contributed by atoms with E-state index in [4.69, 9.17) is 21.1 Å². The molecule has 0 bridgehead atoms. The minimum atomic E-state index is -0.180. The van der Waals surface area contributed by atoms with Gasteiger partial charge in [-0.15, -0.1) is 0 Å². The van der Waals surface area contributed by atoms with E-state index in [1.54, 1.807) is 7.11 Å². The molecular weight excluding hydrogens is 352 g/mol. The largest absolute Gasteiger partial charge is 0.497 e. The fourth-order valence-corrected chi connectivity index (χ4v) is 3.35. The molecule has 1 aliphatic heterocycles. The highest BCUT2D eigenvalue weighted by atomic mass is 35.5. The number of rotatable bonds is 5. The Balaban J connectivity index is 0.00000117. The Morgan fingerprint density at radius 3 is 2.73 bits per heavy atom. The number of nitrogens with one attached hydrogen (secondary N) is 1. The lowest BCUT2D eigenvalue weighted by Gasteiger charge is -2.26. The van der Waals surface area contributed by atoms with Crippen LogP contribution in [0.1, 0.15) is 32.0 Å². The summed E-state index contributed by atoms with van der Waals surface area (Å²) in [5, 5.41) is 0.652. The van der Waals surface area contributed by atoms with Gasteiger partial charge in [-0.25, -0.2) is 0 Å². The summed E-state index contributed by atoms with van der Waals surface area (Å²) in [6.07, 6.45) is 2.87. The molecule has 3 rings (SSSR count). The van der Waals surface area contributed by atoms with Gasteiger partial charge in [0.15, 0.2) is 0 Å². The van der Waals surface area contributed by atoms with Crippen molar-refractivity contribution in [3.8, 4) is 16.9 Å². The lowest BCUT2D eigenvalue weighted by molar-refractivity contribution is -0.144. The van der Waals surface area contributed by atoms with Crippen LogP contribution in [0.5, 0.6) is 5.75 Å². The summed E-state index contributed by atoms with van der Waals surface area (Å²) in [5.41, 5.74) is 4.44. The Bertz CT molecular complexity index is 743. The van der Waals surface area contributed by atoms with Crippen LogP contribution in [-0.4, -0.2) is 42.7 Å². The first-order valence-electron chi connectivity index (χ1n) is 9.03. The minimum Gasteiger partial charge on any atom is -0.497 e. The van der Waals surface area contributed by atoms with E-state index >= 15 is 0 Å². The van der Waals surface area contributed by atoms with Crippen LogP contribution in [0, 0.1) is 0 Å². The molecule has 26 heavy (non-hydrogen) atoms. The first-order chi connectivity index (χ1) is 12.6. The van der Waals surface area contributed by atoms with Crippen LogP contribution in [0.25, 0.3) is 11.1 Å². The number of aromatic amines is 1. The number of aromatic nitrogens is 1. The average molecular weight is 379 g/mol. The molecule has 0 saturated carbocycles. The van der Waals surface area contributed by atoms with E-state index in [-0.39, 0.29) is 5.97 Å². The van der Waals surface area contributed by atoms with Crippen molar-refractivity contribution in [2.24, 2.45) is 0 Å². The molecule has 1 N–H and O–H groups in total. The molecular formula is C20H27ClN2O3. The summed E-state index contributed by atoms with van der Waals surface area (Å²) >= 11 is 6.42. The van der Waals surface area contributed by atoms with Crippen LogP contribution in [0.4, 0.5) is 0 Å². The number of hydrogen-bond acceptors (Lipinski definition) is 4. The topological polar surface area (TPSA) is 54.6 Å². The highest BCUT2D eigenvalue weighted by molar-refractivity contribution is 6.33. The Labute approximate surface area is 160 Å². The van der Waals surface area contributed by atoms with Gasteiger partial charge in [0.1, 0.15) is 5.75 Å². The Morgan fingerprint density at radius 2 is 2.08 bits per heavy atom. The number of carbonyl (C=O) groups excluding carboxylic acids is 1. The smallest absolute Gasteiger partial charge is 0.320 e. The number of nitrogens with zero attached hydrogens (tertiary/aromatic N) is 1. The molecule has 0 saturated heterocycles. The van der Waals surface area contributed by atoms with E-state index < -0.39 is 0 Å². The van der Waals surface area contributed by atoms with Crippen molar-refractivity contribution < 1.29 is 14.3 Å². The molecule has 6 heteroatoms. The summed E-state index contributed by atoms with van der Waals surface area (Å²) in [6.45, 7) is 8.09. The lowest BCUT2D eigenvalue weighted by Crippen LogP contribution is -2.35. The van der Waals surface area contributed by atoms with Gasteiger partial charge in [-0.3, -0.25) is 9.69 Å². The molecule has 2 heterocycles. The zero-order chi connectivity index (χ0) is 19.1. The predicted molar refractivity (Wildman–Crippen MR) is 105 cm³/mol. The van der Waals surface area contributed by atoms with Crippen LogP contribution in [0.2, 0.25) is 5.02 Å². The van der Waals surface area contributed by atoms with Crippen LogP contribution in [-0.2, 0) is 22.5 Å². The third kappa shape index (κ3) is 4.59. The van der Waals surface area contributed by atoms with Crippen LogP contribution < -0.4 is 4.74 Å². The van der Waals surface area contributed by atoms with Gasteiger partial charge in [-0.05, 0) is 30.7 Å². The first kappa shape index (κ1) is 20.3. The van der Waals surface area contributed by atoms with E-state index in [0.717, 1.165) is 29.8 Å². The van der Waals surface area contributed by atoms with E-state index in [1.165, 1.54) is 11.3 Å². The number of fused-ring (bicyclic) bond motifs is 1. The van der Waals surface area contributed by atoms with E-state index in [1.807, 2.05) is 45.2 Å². The van der Waals surface area contributed by atoms with Crippen LogP contribution >= 0.6 is 11.6 Å². The third-order valence-corrected chi connectivity index (χ3v) is 4.58. The van der Waals surface area contributed by atoms with Gasteiger partial charge >= 0.3 is 5.97 Å². The van der Waals surface area contributed by atoms with Crippen LogP contribution in [0.15, 0.2) is 24.4 Å². The van der Waals surface area contributed by atoms with Gasteiger partial charge < -0.3 is 14.5 Å². The fourth-order valence-electron chi connectivity index (χ4n) is 3.08. The van der Waals surface area contributed by atoms with Crippen molar-refractivity contribution in [3.63, 3.8) is 0 Å². The van der Waals surface area contributed by atoms with E-state index in [9.17, 15) is 4.79 Å². The number of benzene rings is 1. The standard InChI is InChI=1S/C18H21ClN2O3.C2H6/c1-3-24-18(22)11-21-7-6-17-15(10-21)14(9-20-17)13-5-4-12(23-2)8-16(13)19;1-2/h4-5,8-9,20H,3,6-7,10-11H2,1-2H3;1-2H3. The van der Waals surface area contributed by atoms with Gasteiger partial charge in [-0.2, -0.15) is 0 Å². The summed E-state index contributed by atoms with van der Waals surface area (Å²) in [4.78, 5) is 17.2. The molecule has 0 radical (unpaired) electrons. The minimum absolute atomic E-state index is 0.180. The van der Waals surface area contributed by atoms with Crippen LogP contribution in [0.3, 0.4) is 0 Å². The zero-order valence-electron chi connectivity index (χ0n) is 15.9. The normalized spacial score (nSPS) is 13.4. The molecule has 0 unspecified atom stereocenters. The lowest BCUT2D eigenvalue weighted by atomic mass is 9.98. The number of hydrogen-bond donors (Lipinski definition) is 1. The molecule has 1 aromatic heterocycles. The summed E-state index contributed by atoms with van der Waals surface area (Å²) in [7, 11) is 1.62. The first-order valence-corrected chi connectivity index (χ1v) is 9.41. The number of esters is 1. The van der Waals surface area contributed by atoms with Crippen molar-refractivity contribution in [2.75, 3.05) is 26.8 Å². The molecule has 0 amide bonds. The molecule has 1 aliphatic rings. The Hall–Kier alpha value is -1.98. The molecule has 0 fully saturated rings. The Morgan fingerprint density at radius 1 is 1.31 bits per heavy atom. The monoisotopic (exact) mass is 378 g/mol. The van der Waals surface area contributed by atoms with Crippen molar-refractivity contribution in [3.05, 3.63) is 40.7 Å². The highest BCUT2D eigenvalue weighted by Crippen LogP contribution is 2.36. The van der Waals surface area contributed by atoms with Crippen molar-refractivity contribution in [1.29, 1.82) is 0 Å². The zero-order valence-corrected chi connectivity index (χ0v) is 16.7. The predicted octanol–water partition coefficient (Wildman–Crippen LogP) is 4.29. The summed E-state index contributed by atoms with van der Waals surface area (Å²) < 4.78 is 10.3. The molecule has 2 aromatic rings. The number of ether oxygens (including phenoxy) is 2. The second-order valence-electron chi connectivity index (χ2n) is 5.77. The quantitative estimate of drug-likeness (QED) is 0.788. The fraction of sp³-hybridized carbons (Fsp3) is 0.450. The maximum absolute atomic E-state index is 11.7. The summed E-state index contributed by atoms with van der Waals surface area (Å²) in [6, 6.07) is 5.68. The highest BCUT2D eigenvalue weighted by Gasteiger charge is 2.24. The SMILES string of the molecule is CC.CCOC(=O)CN1CCc2[nH]cc(-c3ccc(OC)cc3Cl)c2C1. The second-order valence-corrected chi connectivity index (χ2v) is 6.18. The van der Waals surface area contributed by atoms with Crippen molar-refractivity contribution >= 4 is 17.6 Å². The van der Waals surface area contributed by atoms with Gasteiger partial charge in [-0.1, -0.05) is 25.4 Å². The van der Waals surface area contributed by atoms with E-state index in [0.29, 0.717) is 24.7 Å². The molecule has 0 spiro atoms. The maximum Gasteiger partial charge on any atom is 0.320 e. The molecule has 142 valence electrons. The summed E-state index contributed by atoms with van der Waals surface area (Å²) in [5.74, 6) is 0.553. The number of methoxy groups -OCH3 is 1. The van der Waals surface area contributed by atoms with Gasteiger partial charge in [0.05, 0.1) is 25.3 Å². The van der Waals surface area contributed by atoms with Crippen molar-refractivity contribution in [1.82, 2.24) is 9.88 Å². The number of H-pyrrole nitrogens is 1. The van der Waals surface area contributed by atoms with E-state index in [2.05, 4.69) is 9.88 Å². The average Bonchev–Trinajstić information content (AvgIpc) is 3.06. The maximum atomic E-state index is 11.7. The van der Waals surface area contributed by atoms with Gasteiger partial charge in [0.2, 0.25) is 0 Å². The molecule has 0 atom stereocenters. The third-order valence-electron chi connectivity index (χ3n) is 4.26. The number of carbonyl (C=O) groups is 1. The van der Waals surface area contributed by atoms with Gasteiger partial charge in [0, 0.05) is 42.5 Å². The molecule has 1 aromatic carbocycles. The van der Waals surface area contributed by atoms with Gasteiger partial charge in [0.25, 0.3) is 0 Å².